The van der Waals surface area contributed by atoms with Gasteiger partial charge in [-0.15, -0.1) is 11.3 Å². The summed E-state index contributed by atoms with van der Waals surface area (Å²) in [6.07, 6.45) is 2.53. The first-order chi connectivity index (χ1) is 11.3. The highest BCUT2D eigenvalue weighted by Gasteiger charge is 2.29. The van der Waals surface area contributed by atoms with Crippen molar-refractivity contribution in [2.75, 3.05) is 13.1 Å². The molecule has 1 atom stereocenters. The first kappa shape index (κ1) is 18.8. The molecule has 1 aromatic heterocycles. The van der Waals surface area contributed by atoms with Gasteiger partial charge in [-0.3, -0.25) is 4.79 Å². The molecule has 0 saturated carbocycles. The number of amides is 2. The summed E-state index contributed by atoms with van der Waals surface area (Å²) in [6.45, 7) is 8.86. The number of fused-ring (bicyclic) bond motifs is 1. The fraction of sp³-hybridized carbons (Fsp3) is 0.667. The summed E-state index contributed by atoms with van der Waals surface area (Å²) in [6, 6.07) is 2.35. The maximum atomic E-state index is 12.6. The molecule has 24 heavy (non-hydrogen) atoms. The van der Waals surface area contributed by atoms with Crippen LogP contribution < -0.4 is 5.32 Å². The van der Waals surface area contributed by atoms with E-state index in [1.165, 1.54) is 10.4 Å². The minimum absolute atomic E-state index is 0.171. The normalized spacial score (nSPS) is 17.3. The zero-order valence-corrected chi connectivity index (χ0v) is 15.9. The van der Waals surface area contributed by atoms with Crippen LogP contribution in [0.1, 0.15) is 63.4 Å². The highest BCUT2D eigenvalue weighted by Crippen LogP contribution is 2.35. The van der Waals surface area contributed by atoms with Crippen LogP contribution in [0.2, 0.25) is 0 Å². The zero-order valence-electron chi connectivity index (χ0n) is 15.1. The molecule has 1 aromatic rings. The maximum absolute atomic E-state index is 12.6. The Bertz CT molecular complexity index is 577. The smallest absolute Gasteiger partial charge is 0.407 e. The first-order valence-corrected chi connectivity index (χ1v) is 9.52. The fourth-order valence-corrected chi connectivity index (χ4v) is 3.95. The van der Waals surface area contributed by atoms with E-state index in [2.05, 4.69) is 23.7 Å². The molecule has 0 fully saturated rings. The number of nitrogens with zero attached hydrogens (tertiary/aromatic N) is 1. The van der Waals surface area contributed by atoms with E-state index in [9.17, 15) is 9.59 Å². The molecular weight excluding hydrogens is 324 g/mol. The van der Waals surface area contributed by atoms with E-state index in [-0.39, 0.29) is 11.9 Å². The molecule has 1 aliphatic heterocycles. The lowest BCUT2D eigenvalue weighted by molar-refractivity contribution is -0.134. The van der Waals surface area contributed by atoms with Crippen LogP contribution in [0.25, 0.3) is 0 Å². The van der Waals surface area contributed by atoms with Gasteiger partial charge < -0.3 is 15.0 Å². The second-order valence-electron chi connectivity index (χ2n) is 7.09. The maximum Gasteiger partial charge on any atom is 0.407 e. The van der Waals surface area contributed by atoms with Crippen molar-refractivity contribution < 1.29 is 14.3 Å². The Morgan fingerprint density at radius 1 is 1.42 bits per heavy atom. The molecule has 2 rings (SSSR count). The van der Waals surface area contributed by atoms with Gasteiger partial charge in [0.15, 0.2) is 0 Å². The van der Waals surface area contributed by atoms with Crippen molar-refractivity contribution in [3.05, 3.63) is 21.9 Å². The van der Waals surface area contributed by atoms with E-state index >= 15 is 0 Å². The largest absolute Gasteiger partial charge is 0.444 e. The van der Waals surface area contributed by atoms with Crippen molar-refractivity contribution in [2.45, 2.75) is 65.0 Å². The minimum Gasteiger partial charge on any atom is -0.444 e. The molecule has 0 spiro atoms. The molecule has 0 radical (unpaired) electrons. The number of rotatable bonds is 5. The molecule has 2 amide bonds. The van der Waals surface area contributed by atoms with Crippen LogP contribution in [0.4, 0.5) is 4.79 Å². The van der Waals surface area contributed by atoms with Gasteiger partial charge in [-0.2, -0.15) is 0 Å². The third-order valence-electron chi connectivity index (χ3n) is 4.04. The Kier molecular flexibility index (Phi) is 6.27. The number of thiophene rings is 1. The number of nitrogens with one attached hydrogen (secondary N) is 1. The van der Waals surface area contributed by atoms with Crippen molar-refractivity contribution in [1.82, 2.24) is 10.2 Å². The highest BCUT2D eigenvalue weighted by atomic mass is 32.1. The van der Waals surface area contributed by atoms with Crippen LogP contribution in [-0.4, -0.2) is 35.6 Å². The molecular formula is C18H28N2O3S. The standard InChI is InChI=1S/C18H28N2O3S/c1-5-14-13-9-12-24-15(13)8-11-20(14)16(21)7-6-10-19-17(22)23-18(2,3)4/h9,12,14H,5-8,10-11H2,1-4H3,(H,19,22). The van der Waals surface area contributed by atoms with Crippen LogP contribution in [0.5, 0.6) is 0 Å². The summed E-state index contributed by atoms with van der Waals surface area (Å²) in [5.41, 5.74) is 0.814. The summed E-state index contributed by atoms with van der Waals surface area (Å²) in [5, 5.41) is 4.82. The molecule has 134 valence electrons. The van der Waals surface area contributed by atoms with Gasteiger partial charge in [0.2, 0.25) is 5.91 Å². The van der Waals surface area contributed by atoms with Gasteiger partial charge >= 0.3 is 6.09 Å². The topological polar surface area (TPSA) is 58.6 Å². The summed E-state index contributed by atoms with van der Waals surface area (Å²) < 4.78 is 5.18. The van der Waals surface area contributed by atoms with Crippen LogP contribution in [-0.2, 0) is 16.0 Å². The van der Waals surface area contributed by atoms with Gasteiger partial charge in [-0.1, -0.05) is 6.92 Å². The molecule has 0 aromatic carbocycles. The average Bonchev–Trinajstić information content (AvgIpc) is 2.97. The van der Waals surface area contributed by atoms with Crippen molar-refractivity contribution in [2.24, 2.45) is 0 Å². The summed E-state index contributed by atoms with van der Waals surface area (Å²) >= 11 is 1.79. The summed E-state index contributed by atoms with van der Waals surface area (Å²) in [5.74, 6) is 0.171. The number of hydrogen-bond donors (Lipinski definition) is 1. The van der Waals surface area contributed by atoms with E-state index in [1.54, 1.807) is 11.3 Å². The predicted molar refractivity (Wildman–Crippen MR) is 96.2 cm³/mol. The third-order valence-corrected chi connectivity index (χ3v) is 5.03. The Labute approximate surface area is 148 Å². The molecule has 1 N–H and O–H groups in total. The molecule has 0 saturated heterocycles. The Morgan fingerprint density at radius 3 is 2.83 bits per heavy atom. The Hall–Kier alpha value is -1.56. The Balaban J connectivity index is 1.78. The monoisotopic (exact) mass is 352 g/mol. The van der Waals surface area contributed by atoms with E-state index in [4.69, 9.17) is 4.74 Å². The third kappa shape index (κ3) is 4.97. The summed E-state index contributed by atoms with van der Waals surface area (Å²) in [4.78, 5) is 27.6. The molecule has 0 aliphatic carbocycles. The van der Waals surface area contributed by atoms with Gasteiger partial charge in [0, 0.05) is 24.4 Å². The molecule has 2 heterocycles. The van der Waals surface area contributed by atoms with Gasteiger partial charge in [-0.25, -0.2) is 4.79 Å². The van der Waals surface area contributed by atoms with Gasteiger partial charge in [0.25, 0.3) is 0 Å². The lowest BCUT2D eigenvalue weighted by Crippen LogP contribution is -2.39. The number of hydrogen-bond acceptors (Lipinski definition) is 4. The Morgan fingerprint density at radius 2 is 2.17 bits per heavy atom. The van der Waals surface area contributed by atoms with E-state index < -0.39 is 11.7 Å². The van der Waals surface area contributed by atoms with E-state index in [1.807, 2.05) is 25.7 Å². The highest BCUT2D eigenvalue weighted by molar-refractivity contribution is 7.10. The minimum atomic E-state index is -0.500. The second-order valence-corrected chi connectivity index (χ2v) is 8.09. The number of ether oxygens (including phenoxy) is 1. The van der Waals surface area contributed by atoms with Gasteiger partial charge in [0.1, 0.15) is 5.60 Å². The molecule has 5 nitrogen and oxygen atoms in total. The molecule has 1 aliphatic rings. The van der Waals surface area contributed by atoms with Gasteiger partial charge in [0.05, 0.1) is 6.04 Å². The van der Waals surface area contributed by atoms with E-state index in [0.29, 0.717) is 19.4 Å². The SMILES string of the molecule is CCC1c2ccsc2CCN1C(=O)CCCNC(=O)OC(C)(C)C. The lowest BCUT2D eigenvalue weighted by Gasteiger charge is -2.35. The summed E-state index contributed by atoms with van der Waals surface area (Å²) in [7, 11) is 0. The molecule has 1 unspecified atom stereocenters. The van der Waals surface area contributed by atoms with Gasteiger partial charge in [-0.05, 0) is 57.0 Å². The molecule has 6 heteroatoms. The van der Waals surface area contributed by atoms with Crippen LogP contribution in [0.3, 0.4) is 0 Å². The number of carbonyl (C=O) groups is 2. The quantitative estimate of drug-likeness (QED) is 0.818. The second kappa shape index (κ2) is 8.01. The number of alkyl carbamates (subject to hydrolysis) is 1. The van der Waals surface area contributed by atoms with E-state index in [0.717, 1.165) is 19.4 Å². The lowest BCUT2D eigenvalue weighted by atomic mass is 9.97. The van der Waals surface area contributed by atoms with Crippen LogP contribution in [0, 0.1) is 0 Å². The van der Waals surface area contributed by atoms with Crippen LogP contribution in [0.15, 0.2) is 11.4 Å². The average molecular weight is 353 g/mol. The van der Waals surface area contributed by atoms with Crippen molar-refractivity contribution in [3.63, 3.8) is 0 Å². The molecule has 0 bridgehead atoms. The van der Waals surface area contributed by atoms with Crippen molar-refractivity contribution >= 4 is 23.3 Å². The van der Waals surface area contributed by atoms with Crippen molar-refractivity contribution in [3.8, 4) is 0 Å². The predicted octanol–water partition coefficient (Wildman–Crippen LogP) is 3.89. The van der Waals surface area contributed by atoms with Crippen LogP contribution >= 0.6 is 11.3 Å². The number of carbonyl (C=O) groups excluding carboxylic acids is 2. The zero-order chi connectivity index (χ0) is 17.7. The first-order valence-electron chi connectivity index (χ1n) is 8.64. The fourth-order valence-electron chi connectivity index (χ4n) is 3.02. The van der Waals surface area contributed by atoms with Crippen molar-refractivity contribution in [1.29, 1.82) is 0 Å².